The molecule has 0 spiro atoms. The summed E-state index contributed by atoms with van der Waals surface area (Å²) >= 11 is 0. The topological polar surface area (TPSA) is 83.0 Å². The average Bonchev–Trinajstić information content (AvgIpc) is 2.36. The first kappa shape index (κ1) is 6.47. The van der Waals surface area contributed by atoms with Crippen molar-refractivity contribution in [3.05, 3.63) is 18.0 Å². The van der Waals surface area contributed by atoms with Crippen molar-refractivity contribution in [3.8, 4) is 0 Å². The van der Waals surface area contributed by atoms with Crippen molar-refractivity contribution in [2.24, 2.45) is 0 Å². The van der Waals surface area contributed by atoms with Gasteiger partial charge in [0.1, 0.15) is 0 Å². The van der Waals surface area contributed by atoms with Crippen LogP contribution >= 0.6 is 0 Å². The van der Waals surface area contributed by atoms with Crippen molar-refractivity contribution < 1.29 is 14.7 Å². The highest BCUT2D eigenvalue weighted by molar-refractivity contribution is 6.39. The van der Waals surface area contributed by atoms with Crippen molar-refractivity contribution in [2.45, 2.75) is 0 Å². The van der Waals surface area contributed by atoms with Gasteiger partial charge in [-0.1, -0.05) is 0 Å². The number of rotatable bonds is 2. The van der Waals surface area contributed by atoms with Crippen LogP contribution < -0.4 is 0 Å². The van der Waals surface area contributed by atoms with E-state index >= 15 is 0 Å². The predicted molar refractivity (Wildman–Crippen MR) is 30.6 cm³/mol. The van der Waals surface area contributed by atoms with Crippen molar-refractivity contribution in [1.29, 1.82) is 0 Å². The number of nitrogens with one attached hydrogen (secondary N) is 1. The second-order valence-corrected chi connectivity index (χ2v) is 1.62. The Bertz CT molecular complexity index is 252. The van der Waals surface area contributed by atoms with Crippen molar-refractivity contribution in [3.63, 3.8) is 0 Å². The summed E-state index contributed by atoms with van der Waals surface area (Å²) in [6.07, 6.45) is 2.40. The lowest BCUT2D eigenvalue weighted by Gasteiger charge is -1.84. The molecular formula is C5H4N2O3. The normalized spacial score (nSPS) is 9.20. The van der Waals surface area contributed by atoms with Crippen LogP contribution in [0.25, 0.3) is 0 Å². The lowest BCUT2D eigenvalue weighted by Crippen LogP contribution is -2.11. The number of carbonyl (C=O) groups is 2. The minimum absolute atomic E-state index is 0.0625. The van der Waals surface area contributed by atoms with E-state index in [-0.39, 0.29) is 5.56 Å². The summed E-state index contributed by atoms with van der Waals surface area (Å²) in [5.41, 5.74) is 0.0625. The van der Waals surface area contributed by atoms with Gasteiger partial charge < -0.3 is 5.11 Å². The molecule has 10 heavy (non-hydrogen) atoms. The molecule has 0 aliphatic carbocycles. The average molecular weight is 140 g/mol. The molecule has 0 saturated heterocycles. The Hall–Kier alpha value is -1.65. The fourth-order valence-electron chi connectivity index (χ4n) is 0.499. The second kappa shape index (κ2) is 2.30. The molecule has 0 aliphatic heterocycles. The van der Waals surface area contributed by atoms with Crippen LogP contribution in [0.15, 0.2) is 12.4 Å². The van der Waals surface area contributed by atoms with E-state index in [0.717, 1.165) is 6.20 Å². The molecule has 1 rings (SSSR count). The van der Waals surface area contributed by atoms with E-state index in [1.165, 1.54) is 6.20 Å². The summed E-state index contributed by atoms with van der Waals surface area (Å²) < 4.78 is 0. The zero-order valence-electron chi connectivity index (χ0n) is 4.87. The van der Waals surface area contributed by atoms with E-state index in [2.05, 4.69) is 10.2 Å². The second-order valence-electron chi connectivity index (χ2n) is 1.62. The predicted octanol–water partition coefficient (Wildman–Crippen LogP) is -0.323. The van der Waals surface area contributed by atoms with Crippen LogP contribution in [0.4, 0.5) is 0 Å². The smallest absolute Gasteiger partial charge is 0.377 e. The highest BCUT2D eigenvalue weighted by atomic mass is 16.4. The molecule has 0 radical (unpaired) electrons. The van der Waals surface area contributed by atoms with Crippen LogP contribution in [0, 0.1) is 0 Å². The van der Waals surface area contributed by atoms with Crippen LogP contribution in [-0.2, 0) is 4.79 Å². The molecule has 2 N–H and O–H groups in total. The fraction of sp³-hybridized carbons (Fsp3) is 0. The number of ketones is 1. The maximum absolute atomic E-state index is 10.5. The number of carboxylic acid groups (broad SMARTS) is 1. The third kappa shape index (κ3) is 1.02. The molecule has 0 saturated carbocycles. The number of aromatic nitrogens is 2. The monoisotopic (exact) mass is 140 g/mol. The molecule has 1 aromatic rings. The minimum Gasteiger partial charge on any atom is -0.475 e. The SMILES string of the molecule is O=C(O)C(=O)c1cn[nH]c1. The summed E-state index contributed by atoms with van der Waals surface area (Å²) in [5, 5.41) is 13.9. The van der Waals surface area contributed by atoms with Gasteiger partial charge in [-0.2, -0.15) is 5.10 Å². The van der Waals surface area contributed by atoms with Crippen LogP contribution in [0.2, 0.25) is 0 Å². The Labute approximate surface area is 55.7 Å². The fourth-order valence-corrected chi connectivity index (χ4v) is 0.499. The third-order valence-corrected chi connectivity index (χ3v) is 0.955. The van der Waals surface area contributed by atoms with Crippen LogP contribution in [-0.4, -0.2) is 27.1 Å². The van der Waals surface area contributed by atoms with Gasteiger partial charge in [-0.15, -0.1) is 0 Å². The Morgan fingerprint density at radius 1 is 1.60 bits per heavy atom. The van der Waals surface area contributed by atoms with Gasteiger partial charge in [0.15, 0.2) is 0 Å². The van der Waals surface area contributed by atoms with Gasteiger partial charge in [-0.05, 0) is 0 Å². The molecule has 0 atom stereocenters. The largest absolute Gasteiger partial charge is 0.475 e. The van der Waals surface area contributed by atoms with Gasteiger partial charge in [0, 0.05) is 6.20 Å². The van der Waals surface area contributed by atoms with Crippen molar-refractivity contribution in [1.82, 2.24) is 10.2 Å². The number of nitrogens with zero attached hydrogens (tertiary/aromatic N) is 1. The van der Waals surface area contributed by atoms with E-state index in [9.17, 15) is 9.59 Å². The molecule has 5 nitrogen and oxygen atoms in total. The highest BCUT2D eigenvalue weighted by Gasteiger charge is 2.14. The zero-order chi connectivity index (χ0) is 7.56. The number of H-pyrrole nitrogens is 1. The number of hydrogen-bond acceptors (Lipinski definition) is 3. The lowest BCUT2D eigenvalue weighted by atomic mass is 10.2. The number of hydrogen-bond donors (Lipinski definition) is 2. The molecule has 0 aliphatic rings. The van der Waals surface area contributed by atoms with Gasteiger partial charge in [0.25, 0.3) is 5.78 Å². The number of Topliss-reactive ketones (excluding diaryl/α,β-unsaturated/α-hetero) is 1. The standard InChI is InChI=1S/C5H4N2O3/c8-4(5(9)10)3-1-6-7-2-3/h1-2H,(H,6,7)(H,9,10). The van der Waals surface area contributed by atoms with Gasteiger partial charge >= 0.3 is 5.97 Å². The maximum Gasteiger partial charge on any atom is 0.377 e. The molecule has 1 aromatic heterocycles. The minimum atomic E-state index is -1.47. The van der Waals surface area contributed by atoms with Gasteiger partial charge in [-0.25, -0.2) is 4.79 Å². The summed E-state index contributed by atoms with van der Waals surface area (Å²) in [6, 6.07) is 0. The van der Waals surface area contributed by atoms with Crippen LogP contribution in [0.5, 0.6) is 0 Å². The summed E-state index contributed by atoms with van der Waals surface area (Å²) in [4.78, 5) is 20.6. The Morgan fingerprint density at radius 2 is 2.30 bits per heavy atom. The first-order valence-electron chi connectivity index (χ1n) is 2.48. The number of carboxylic acids is 1. The first-order chi connectivity index (χ1) is 4.72. The van der Waals surface area contributed by atoms with Crippen molar-refractivity contribution >= 4 is 11.8 Å². The highest BCUT2D eigenvalue weighted by Crippen LogP contribution is 1.94. The van der Waals surface area contributed by atoms with Gasteiger partial charge in [-0.3, -0.25) is 9.89 Å². The first-order valence-corrected chi connectivity index (χ1v) is 2.48. The Balaban J connectivity index is 2.88. The Morgan fingerprint density at radius 3 is 2.70 bits per heavy atom. The number of aliphatic carboxylic acids is 1. The van der Waals surface area contributed by atoms with E-state index in [1.54, 1.807) is 0 Å². The molecule has 1 heterocycles. The molecule has 5 heteroatoms. The van der Waals surface area contributed by atoms with Crippen LogP contribution in [0.3, 0.4) is 0 Å². The molecule has 0 unspecified atom stereocenters. The summed E-state index contributed by atoms with van der Waals surface area (Å²) in [5.74, 6) is -2.42. The lowest BCUT2D eigenvalue weighted by molar-refractivity contribution is -0.131. The molecule has 0 amide bonds. The van der Waals surface area contributed by atoms with E-state index in [1.807, 2.05) is 0 Å². The molecule has 0 fully saturated rings. The number of carbonyl (C=O) groups excluding carboxylic acids is 1. The summed E-state index contributed by atoms with van der Waals surface area (Å²) in [6.45, 7) is 0. The molecule has 0 aromatic carbocycles. The maximum atomic E-state index is 10.5. The van der Waals surface area contributed by atoms with E-state index in [0.29, 0.717) is 0 Å². The van der Waals surface area contributed by atoms with E-state index < -0.39 is 11.8 Å². The molecular weight excluding hydrogens is 136 g/mol. The molecule has 0 bridgehead atoms. The summed E-state index contributed by atoms with van der Waals surface area (Å²) in [7, 11) is 0. The van der Waals surface area contributed by atoms with Crippen LogP contribution in [0.1, 0.15) is 10.4 Å². The van der Waals surface area contributed by atoms with Gasteiger partial charge in [0.05, 0.1) is 11.8 Å². The number of aromatic amines is 1. The third-order valence-electron chi connectivity index (χ3n) is 0.955. The van der Waals surface area contributed by atoms with E-state index in [4.69, 9.17) is 5.11 Å². The Kier molecular flexibility index (Phi) is 1.49. The van der Waals surface area contributed by atoms with Gasteiger partial charge in [0.2, 0.25) is 0 Å². The zero-order valence-corrected chi connectivity index (χ0v) is 4.87. The van der Waals surface area contributed by atoms with Crippen molar-refractivity contribution in [2.75, 3.05) is 0 Å². The molecule has 52 valence electrons. The quantitative estimate of drug-likeness (QED) is 0.435.